The number of hydrogen-bond acceptors (Lipinski definition) is 2. The molecule has 0 bridgehead atoms. The Morgan fingerprint density at radius 3 is 2.24 bits per heavy atom. The molecule has 0 amide bonds. The van der Waals surface area contributed by atoms with Crippen LogP contribution in [0.25, 0.3) is 0 Å². The van der Waals surface area contributed by atoms with Crippen molar-refractivity contribution in [1.82, 2.24) is 10.2 Å². The second-order valence-corrected chi connectivity index (χ2v) is 7.68. The van der Waals surface area contributed by atoms with E-state index in [2.05, 4.69) is 24.2 Å². The summed E-state index contributed by atoms with van der Waals surface area (Å²) >= 11 is 0. The Hall–Kier alpha value is -0.0800. The summed E-state index contributed by atoms with van der Waals surface area (Å²) in [5.74, 6) is 1.87. The van der Waals surface area contributed by atoms with Crippen LogP contribution in [-0.4, -0.2) is 37.6 Å². The van der Waals surface area contributed by atoms with Gasteiger partial charge in [0.05, 0.1) is 0 Å². The highest BCUT2D eigenvalue weighted by Gasteiger charge is 2.25. The van der Waals surface area contributed by atoms with Gasteiger partial charge >= 0.3 is 0 Å². The molecule has 0 aromatic heterocycles. The van der Waals surface area contributed by atoms with Gasteiger partial charge < -0.3 is 10.2 Å². The molecule has 2 unspecified atom stereocenters. The summed E-state index contributed by atoms with van der Waals surface area (Å²) in [5, 5.41) is 3.84. The van der Waals surface area contributed by atoms with Crippen LogP contribution in [0.4, 0.5) is 0 Å². The second kappa shape index (κ2) is 9.84. The SMILES string of the molecule is CCCNC1CCCCCC1CN(C)CC1CCCCC1. The first kappa shape index (κ1) is 17.3. The van der Waals surface area contributed by atoms with E-state index in [1.165, 1.54) is 90.3 Å². The zero-order valence-electron chi connectivity index (χ0n) is 14.6. The average Bonchev–Trinajstić information content (AvgIpc) is 2.71. The molecule has 1 N–H and O–H groups in total. The largest absolute Gasteiger partial charge is 0.314 e. The van der Waals surface area contributed by atoms with Gasteiger partial charge in [0.2, 0.25) is 0 Å². The summed E-state index contributed by atoms with van der Waals surface area (Å²) in [6, 6.07) is 0.779. The first-order chi connectivity index (χ1) is 10.3. The Kier molecular flexibility index (Phi) is 8.10. The van der Waals surface area contributed by atoms with Crippen LogP contribution < -0.4 is 5.32 Å². The highest BCUT2D eigenvalue weighted by atomic mass is 15.1. The van der Waals surface area contributed by atoms with Gasteiger partial charge in [-0.1, -0.05) is 45.4 Å². The summed E-state index contributed by atoms with van der Waals surface area (Å²) in [4.78, 5) is 2.66. The van der Waals surface area contributed by atoms with E-state index in [1.807, 2.05) is 0 Å². The smallest absolute Gasteiger partial charge is 0.0107 e. The van der Waals surface area contributed by atoms with Gasteiger partial charge in [0, 0.05) is 19.1 Å². The van der Waals surface area contributed by atoms with Crippen LogP contribution in [0, 0.1) is 11.8 Å². The lowest BCUT2D eigenvalue weighted by Gasteiger charge is -2.33. The number of rotatable bonds is 7. The van der Waals surface area contributed by atoms with E-state index < -0.39 is 0 Å². The standard InChI is InChI=1S/C19H38N2/c1-3-14-20-19-13-9-5-8-12-18(19)16-21(2)15-17-10-6-4-7-11-17/h17-20H,3-16H2,1-2H3. The van der Waals surface area contributed by atoms with Crippen LogP contribution in [0.5, 0.6) is 0 Å². The van der Waals surface area contributed by atoms with E-state index >= 15 is 0 Å². The molecule has 2 nitrogen and oxygen atoms in total. The Balaban J connectivity index is 1.78. The molecule has 2 fully saturated rings. The fraction of sp³-hybridized carbons (Fsp3) is 1.00. The molecule has 0 aliphatic heterocycles. The number of nitrogens with one attached hydrogen (secondary N) is 1. The molecule has 0 radical (unpaired) electrons. The second-order valence-electron chi connectivity index (χ2n) is 7.68. The minimum absolute atomic E-state index is 0.779. The van der Waals surface area contributed by atoms with Crippen molar-refractivity contribution in [2.24, 2.45) is 11.8 Å². The molecule has 0 aromatic rings. The minimum Gasteiger partial charge on any atom is -0.314 e. The molecule has 0 saturated heterocycles. The molecule has 2 aliphatic rings. The van der Waals surface area contributed by atoms with E-state index in [1.54, 1.807) is 0 Å². The Morgan fingerprint density at radius 2 is 1.52 bits per heavy atom. The molecule has 2 rings (SSSR count). The van der Waals surface area contributed by atoms with Gasteiger partial charge in [-0.25, -0.2) is 0 Å². The van der Waals surface area contributed by atoms with Gasteiger partial charge in [-0.3, -0.25) is 0 Å². The normalized spacial score (nSPS) is 28.7. The van der Waals surface area contributed by atoms with Crippen molar-refractivity contribution in [3.63, 3.8) is 0 Å². The molecule has 21 heavy (non-hydrogen) atoms. The third-order valence-electron chi connectivity index (χ3n) is 5.66. The lowest BCUT2D eigenvalue weighted by Crippen LogP contribution is -2.42. The van der Waals surface area contributed by atoms with Crippen molar-refractivity contribution in [2.45, 2.75) is 83.6 Å². The van der Waals surface area contributed by atoms with Crippen LogP contribution in [0.3, 0.4) is 0 Å². The maximum atomic E-state index is 3.84. The Labute approximate surface area is 133 Å². The number of hydrogen-bond donors (Lipinski definition) is 1. The van der Waals surface area contributed by atoms with Crippen LogP contribution in [0.15, 0.2) is 0 Å². The number of nitrogens with zero attached hydrogens (tertiary/aromatic N) is 1. The monoisotopic (exact) mass is 294 g/mol. The van der Waals surface area contributed by atoms with Crippen molar-refractivity contribution in [3.8, 4) is 0 Å². The zero-order chi connectivity index (χ0) is 14.9. The van der Waals surface area contributed by atoms with Crippen molar-refractivity contribution < 1.29 is 0 Å². The fourth-order valence-corrected chi connectivity index (χ4v) is 4.49. The molecule has 2 saturated carbocycles. The van der Waals surface area contributed by atoms with Crippen LogP contribution >= 0.6 is 0 Å². The van der Waals surface area contributed by atoms with Crippen LogP contribution in [-0.2, 0) is 0 Å². The molecule has 0 heterocycles. The summed E-state index contributed by atoms with van der Waals surface area (Å²) in [6.07, 6.45) is 15.8. The van der Waals surface area contributed by atoms with Gasteiger partial charge in [0.1, 0.15) is 0 Å². The van der Waals surface area contributed by atoms with E-state index in [0.29, 0.717) is 0 Å². The van der Waals surface area contributed by atoms with Crippen molar-refractivity contribution >= 4 is 0 Å². The highest BCUT2D eigenvalue weighted by Crippen LogP contribution is 2.27. The lowest BCUT2D eigenvalue weighted by atomic mass is 9.88. The van der Waals surface area contributed by atoms with E-state index in [-0.39, 0.29) is 0 Å². The predicted molar refractivity (Wildman–Crippen MR) is 92.7 cm³/mol. The van der Waals surface area contributed by atoms with Crippen LogP contribution in [0.2, 0.25) is 0 Å². The molecule has 2 aliphatic carbocycles. The zero-order valence-corrected chi connectivity index (χ0v) is 14.6. The van der Waals surface area contributed by atoms with Crippen LogP contribution in [0.1, 0.15) is 77.6 Å². The average molecular weight is 295 g/mol. The molecule has 2 atom stereocenters. The Bertz CT molecular complexity index is 260. The summed E-state index contributed by atoms with van der Waals surface area (Å²) in [7, 11) is 2.37. The molecular weight excluding hydrogens is 256 g/mol. The lowest BCUT2D eigenvalue weighted by molar-refractivity contribution is 0.183. The first-order valence-corrected chi connectivity index (χ1v) is 9.71. The molecule has 0 spiro atoms. The van der Waals surface area contributed by atoms with E-state index in [0.717, 1.165) is 17.9 Å². The summed E-state index contributed by atoms with van der Waals surface area (Å²) < 4.78 is 0. The molecule has 2 heteroatoms. The van der Waals surface area contributed by atoms with Gasteiger partial charge in [-0.05, 0) is 57.5 Å². The minimum atomic E-state index is 0.779. The van der Waals surface area contributed by atoms with E-state index in [4.69, 9.17) is 0 Å². The summed E-state index contributed by atoms with van der Waals surface area (Å²) in [6.45, 7) is 6.15. The Morgan fingerprint density at radius 1 is 0.857 bits per heavy atom. The van der Waals surface area contributed by atoms with Crippen molar-refractivity contribution in [1.29, 1.82) is 0 Å². The van der Waals surface area contributed by atoms with Gasteiger partial charge in [-0.2, -0.15) is 0 Å². The van der Waals surface area contributed by atoms with Gasteiger partial charge in [0.15, 0.2) is 0 Å². The predicted octanol–water partition coefficient (Wildman–Crippen LogP) is 4.45. The third-order valence-corrected chi connectivity index (χ3v) is 5.66. The first-order valence-electron chi connectivity index (χ1n) is 9.71. The summed E-state index contributed by atoms with van der Waals surface area (Å²) in [5.41, 5.74) is 0. The molecule has 124 valence electrons. The molecule has 0 aromatic carbocycles. The third kappa shape index (κ3) is 6.28. The van der Waals surface area contributed by atoms with Gasteiger partial charge in [-0.15, -0.1) is 0 Å². The highest BCUT2D eigenvalue weighted by molar-refractivity contribution is 4.82. The van der Waals surface area contributed by atoms with Gasteiger partial charge in [0.25, 0.3) is 0 Å². The quantitative estimate of drug-likeness (QED) is 0.698. The molecular formula is C19H38N2. The maximum absolute atomic E-state index is 3.84. The topological polar surface area (TPSA) is 15.3 Å². The fourth-order valence-electron chi connectivity index (χ4n) is 4.49. The van der Waals surface area contributed by atoms with Crippen molar-refractivity contribution in [3.05, 3.63) is 0 Å². The van der Waals surface area contributed by atoms with Crippen molar-refractivity contribution in [2.75, 3.05) is 26.7 Å². The maximum Gasteiger partial charge on any atom is 0.0107 e. The van der Waals surface area contributed by atoms with E-state index in [9.17, 15) is 0 Å².